The number of esters is 1. The minimum Gasteiger partial charge on any atom is -0.466 e. The fourth-order valence-electron chi connectivity index (χ4n) is 4.30. The topological polar surface area (TPSA) is 92.9 Å². The van der Waals surface area contributed by atoms with Gasteiger partial charge >= 0.3 is 5.97 Å². The zero-order valence-corrected chi connectivity index (χ0v) is 17.1. The van der Waals surface area contributed by atoms with E-state index in [1.165, 1.54) is 0 Å². The van der Waals surface area contributed by atoms with Gasteiger partial charge in [-0.05, 0) is 51.7 Å². The van der Waals surface area contributed by atoms with E-state index in [4.69, 9.17) is 4.74 Å². The average Bonchev–Trinajstić information content (AvgIpc) is 3.14. The molecule has 2 aromatic heterocycles. The highest BCUT2D eigenvalue weighted by atomic mass is 16.5. The number of piperidine rings is 2. The second-order valence-electron chi connectivity index (χ2n) is 7.85. The van der Waals surface area contributed by atoms with E-state index in [0.717, 1.165) is 62.6 Å². The average molecular weight is 400 g/mol. The van der Waals surface area contributed by atoms with Crippen molar-refractivity contribution >= 4 is 23.3 Å². The summed E-state index contributed by atoms with van der Waals surface area (Å²) in [6.07, 6.45) is 3.24. The first-order valence-corrected chi connectivity index (χ1v) is 10.5. The molecule has 0 saturated carbocycles. The Morgan fingerprint density at radius 1 is 1.10 bits per heavy atom. The standard InChI is InChI=1S/C20H28N6O3/c1-3-29-20(28)16-5-4-10-25(13-16)19(27)15-8-11-24(12-9-15)18-7-6-17-22-21-14(2)26(17)23-18/h6-7,15-16H,3-5,8-13H2,1-2H3/t16-/m0/s1. The van der Waals surface area contributed by atoms with E-state index in [9.17, 15) is 9.59 Å². The third-order valence-corrected chi connectivity index (χ3v) is 5.93. The number of carbonyl (C=O) groups is 2. The third-order valence-electron chi connectivity index (χ3n) is 5.93. The number of carbonyl (C=O) groups excluding carboxylic acids is 2. The molecule has 2 saturated heterocycles. The van der Waals surface area contributed by atoms with Crippen molar-refractivity contribution in [1.82, 2.24) is 24.7 Å². The van der Waals surface area contributed by atoms with Crippen LogP contribution in [0, 0.1) is 18.8 Å². The van der Waals surface area contributed by atoms with E-state index in [1.54, 1.807) is 4.52 Å². The zero-order valence-electron chi connectivity index (χ0n) is 17.1. The Morgan fingerprint density at radius 2 is 1.90 bits per heavy atom. The zero-order chi connectivity index (χ0) is 20.4. The van der Waals surface area contributed by atoms with Gasteiger partial charge in [-0.3, -0.25) is 9.59 Å². The molecule has 2 fully saturated rings. The molecule has 156 valence electrons. The number of aryl methyl sites for hydroxylation is 1. The molecule has 9 heteroatoms. The molecule has 1 atom stereocenters. The second kappa shape index (κ2) is 8.34. The lowest BCUT2D eigenvalue weighted by molar-refractivity contribution is -0.152. The molecule has 0 radical (unpaired) electrons. The first-order chi connectivity index (χ1) is 14.1. The molecule has 4 rings (SSSR count). The number of aromatic nitrogens is 4. The number of likely N-dealkylation sites (tertiary alicyclic amines) is 1. The summed E-state index contributed by atoms with van der Waals surface area (Å²) < 4.78 is 6.90. The number of hydrogen-bond acceptors (Lipinski definition) is 7. The molecule has 0 aromatic carbocycles. The maximum Gasteiger partial charge on any atom is 0.310 e. The largest absolute Gasteiger partial charge is 0.466 e. The van der Waals surface area contributed by atoms with Gasteiger partial charge in [0.15, 0.2) is 11.5 Å². The van der Waals surface area contributed by atoms with Gasteiger partial charge in [0.05, 0.1) is 12.5 Å². The Morgan fingerprint density at radius 3 is 2.66 bits per heavy atom. The van der Waals surface area contributed by atoms with Gasteiger partial charge in [0.1, 0.15) is 5.82 Å². The van der Waals surface area contributed by atoms with E-state index in [-0.39, 0.29) is 23.7 Å². The molecule has 9 nitrogen and oxygen atoms in total. The molecule has 2 aliphatic heterocycles. The van der Waals surface area contributed by atoms with Gasteiger partial charge in [-0.2, -0.15) is 4.52 Å². The Bertz CT molecular complexity index is 889. The van der Waals surface area contributed by atoms with E-state index < -0.39 is 0 Å². The van der Waals surface area contributed by atoms with Crippen molar-refractivity contribution in [2.75, 3.05) is 37.7 Å². The third kappa shape index (κ3) is 4.04. The molecule has 29 heavy (non-hydrogen) atoms. The van der Waals surface area contributed by atoms with Gasteiger partial charge in [0.25, 0.3) is 0 Å². The maximum atomic E-state index is 13.0. The molecule has 0 unspecified atom stereocenters. The van der Waals surface area contributed by atoms with Crippen molar-refractivity contribution in [3.63, 3.8) is 0 Å². The highest BCUT2D eigenvalue weighted by Gasteiger charge is 2.34. The van der Waals surface area contributed by atoms with E-state index in [0.29, 0.717) is 13.2 Å². The number of hydrogen-bond donors (Lipinski definition) is 0. The fraction of sp³-hybridized carbons (Fsp3) is 0.650. The molecule has 4 heterocycles. The molecule has 2 aromatic rings. The van der Waals surface area contributed by atoms with Gasteiger partial charge in [-0.1, -0.05) is 0 Å². The fourth-order valence-corrected chi connectivity index (χ4v) is 4.30. The quantitative estimate of drug-likeness (QED) is 0.717. The van der Waals surface area contributed by atoms with Crippen molar-refractivity contribution in [2.24, 2.45) is 11.8 Å². The summed E-state index contributed by atoms with van der Waals surface area (Å²) in [4.78, 5) is 29.2. The van der Waals surface area contributed by atoms with Crippen LogP contribution in [-0.2, 0) is 14.3 Å². The number of anilines is 1. The monoisotopic (exact) mass is 400 g/mol. The Kier molecular flexibility index (Phi) is 5.64. The van der Waals surface area contributed by atoms with Gasteiger partial charge in [0.2, 0.25) is 5.91 Å². The Labute approximate surface area is 170 Å². The minimum atomic E-state index is -0.185. The number of ether oxygens (including phenoxy) is 1. The predicted molar refractivity (Wildman–Crippen MR) is 106 cm³/mol. The van der Waals surface area contributed by atoms with Gasteiger partial charge in [-0.25, -0.2) is 0 Å². The lowest BCUT2D eigenvalue weighted by Crippen LogP contribution is -2.47. The highest BCUT2D eigenvalue weighted by molar-refractivity contribution is 5.80. The molecule has 2 aliphatic rings. The summed E-state index contributed by atoms with van der Waals surface area (Å²) in [5.74, 6) is 1.46. The van der Waals surface area contributed by atoms with E-state index in [1.807, 2.05) is 30.9 Å². The van der Waals surface area contributed by atoms with Gasteiger partial charge < -0.3 is 14.5 Å². The normalized spacial score (nSPS) is 20.8. The summed E-state index contributed by atoms with van der Waals surface area (Å²) in [6, 6.07) is 3.88. The SMILES string of the molecule is CCOC(=O)[C@H]1CCCN(C(=O)C2CCN(c3ccc4nnc(C)n4n3)CC2)C1. The number of nitrogens with zero attached hydrogens (tertiary/aromatic N) is 6. The van der Waals surface area contributed by atoms with Crippen LogP contribution in [0.1, 0.15) is 38.4 Å². The molecule has 0 N–H and O–H groups in total. The van der Waals surface area contributed by atoms with Crippen LogP contribution in [-0.4, -0.2) is 69.4 Å². The van der Waals surface area contributed by atoms with Crippen LogP contribution in [0.3, 0.4) is 0 Å². The molecule has 0 aliphatic carbocycles. The van der Waals surface area contributed by atoms with Crippen LogP contribution in [0.5, 0.6) is 0 Å². The van der Waals surface area contributed by atoms with Crippen molar-refractivity contribution in [3.8, 4) is 0 Å². The Hall–Kier alpha value is -2.71. The van der Waals surface area contributed by atoms with Crippen LogP contribution < -0.4 is 4.90 Å². The highest BCUT2D eigenvalue weighted by Crippen LogP contribution is 2.26. The molecule has 0 spiro atoms. The summed E-state index contributed by atoms with van der Waals surface area (Å²) >= 11 is 0. The van der Waals surface area contributed by atoms with Crippen LogP contribution in [0.2, 0.25) is 0 Å². The summed E-state index contributed by atoms with van der Waals surface area (Å²) in [5.41, 5.74) is 0.734. The van der Waals surface area contributed by atoms with Gasteiger partial charge in [-0.15, -0.1) is 15.3 Å². The van der Waals surface area contributed by atoms with Gasteiger partial charge in [0, 0.05) is 32.1 Å². The molecule has 1 amide bonds. The smallest absolute Gasteiger partial charge is 0.310 e. The maximum absolute atomic E-state index is 13.0. The number of rotatable bonds is 4. The first kappa shape index (κ1) is 19.6. The van der Waals surface area contributed by atoms with Crippen molar-refractivity contribution < 1.29 is 14.3 Å². The van der Waals surface area contributed by atoms with Crippen LogP contribution >= 0.6 is 0 Å². The lowest BCUT2D eigenvalue weighted by Gasteiger charge is -2.37. The molecular formula is C20H28N6O3. The second-order valence-corrected chi connectivity index (χ2v) is 7.85. The lowest BCUT2D eigenvalue weighted by atomic mass is 9.92. The molecule has 0 bridgehead atoms. The summed E-state index contributed by atoms with van der Waals surface area (Å²) in [7, 11) is 0. The summed E-state index contributed by atoms with van der Waals surface area (Å²) in [6.45, 7) is 6.87. The van der Waals surface area contributed by atoms with Crippen molar-refractivity contribution in [3.05, 3.63) is 18.0 Å². The number of amides is 1. The number of fused-ring (bicyclic) bond motifs is 1. The predicted octanol–water partition coefficient (Wildman–Crippen LogP) is 1.45. The van der Waals surface area contributed by atoms with E-state index in [2.05, 4.69) is 20.2 Å². The molecular weight excluding hydrogens is 372 g/mol. The Balaban J connectivity index is 1.35. The van der Waals surface area contributed by atoms with Crippen molar-refractivity contribution in [1.29, 1.82) is 0 Å². The van der Waals surface area contributed by atoms with Crippen molar-refractivity contribution in [2.45, 2.75) is 39.5 Å². The first-order valence-electron chi connectivity index (χ1n) is 10.5. The van der Waals surface area contributed by atoms with Crippen LogP contribution in [0.4, 0.5) is 5.82 Å². The van der Waals surface area contributed by atoms with Crippen LogP contribution in [0.15, 0.2) is 12.1 Å². The van der Waals surface area contributed by atoms with E-state index >= 15 is 0 Å². The van der Waals surface area contributed by atoms with Crippen LogP contribution in [0.25, 0.3) is 5.65 Å². The minimum absolute atomic E-state index is 0.00701. The summed E-state index contributed by atoms with van der Waals surface area (Å²) in [5, 5.41) is 12.8.